The fraction of sp³-hybridized carbons (Fsp3) is 0.316. The third-order valence-corrected chi connectivity index (χ3v) is 6.15. The summed E-state index contributed by atoms with van der Waals surface area (Å²) in [5.41, 5.74) is 1.70. The molecule has 1 aliphatic rings. The quantitative estimate of drug-likeness (QED) is 0.404. The first-order valence-electron chi connectivity index (χ1n) is 8.60. The van der Waals surface area contributed by atoms with E-state index in [9.17, 15) is 9.59 Å². The number of thiophene rings is 1. The highest BCUT2D eigenvalue weighted by atomic mass is 32.2. The van der Waals surface area contributed by atoms with Gasteiger partial charge in [-0.25, -0.2) is 4.98 Å². The van der Waals surface area contributed by atoms with Crippen LogP contribution in [-0.4, -0.2) is 27.8 Å². The number of aromatic amines is 1. The summed E-state index contributed by atoms with van der Waals surface area (Å²) in [4.78, 5) is 32.5. The maximum Gasteiger partial charge on any atom is 0.316 e. The van der Waals surface area contributed by atoms with Gasteiger partial charge in [0, 0.05) is 10.9 Å². The Kier molecular flexibility index (Phi) is 5.08. The lowest BCUT2D eigenvalue weighted by Gasteiger charge is -2.10. The van der Waals surface area contributed by atoms with Gasteiger partial charge in [0.1, 0.15) is 10.9 Å². The first kappa shape index (κ1) is 17.3. The zero-order valence-electron chi connectivity index (χ0n) is 14.1. The molecule has 0 bridgehead atoms. The minimum atomic E-state index is -0.249. The van der Waals surface area contributed by atoms with Gasteiger partial charge in [0.15, 0.2) is 5.16 Å². The topological polar surface area (TPSA) is 72.0 Å². The summed E-state index contributed by atoms with van der Waals surface area (Å²) in [5.74, 6) is -0.0946. The molecule has 0 saturated heterocycles. The highest BCUT2D eigenvalue weighted by molar-refractivity contribution is 7.99. The number of ether oxygens (including phenoxy) is 1. The molecular formula is C19H18N2O3S2. The summed E-state index contributed by atoms with van der Waals surface area (Å²) < 4.78 is 5.44. The number of carbonyl (C=O) groups excluding carboxylic acids is 1. The zero-order chi connectivity index (χ0) is 17.9. The van der Waals surface area contributed by atoms with Crippen LogP contribution in [0.5, 0.6) is 0 Å². The van der Waals surface area contributed by atoms with Crippen LogP contribution in [0.2, 0.25) is 0 Å². The van der Waals surface area contributed by atoms with Crippen LogP contribution in [0.3, 0.4) is 0 Å². The van der Waals surface area contributed by atoms with Crippen LogP contribution in [0.25, 0.3) is 21.3 Å². The van der Waals surface area contributed by atoms with Crippen molar-refractivity contribution in [2.24, 2.45) is 0 Å². The lowest BCUT2D eigenvalue weighted by atomic mass is 10.1. The lowest BCUT2D eigenvalue weighted by Crippen LogP contribution is -2.17. The SMILES string of the molecule is O=C(CSc1nc2scc(-c3ccccc3)c2c(=O)[nH]1)OC1CCCC1. The van der Waals surface area contributed by atoms with Crippen LogP contribution in [0.15, 0.2) is 45.7 Å². The van der Waals surface area contributed by atoms with Crippen LogP contribution in [-0.2, 0) is 9.53 Å². The van der Waals surface area contributed by atoms with E-state index in [1.165, 1.54) is 23.1 Å². The fourth-order valence-electron chi connectivity index (χ4n) is 3.18. The first-order valence-corrected chi connectivity index (χ1v) is 10.5. The van der Waals surface area contributed by atoms with E-state index in [1.54, 1.807) is 0 Å². The van der Waals surface area contributed by atoms with Crippen molar-refractivity contribution in [2.75, 3.05) is 5.75 Å². The van der Waals surface area contributed by atoms with Crippen LogP contribution in [0.4, 0.5) is 0 Å². The van der Waals surface area contributed by atoms with Crippen molar-refractivity contribution < 1.29 is 9.53 Å². The van der Waals surface area contributed by atoms with Gasteiger partial charge in [0.25, 0.3) is 5.56 Å². The highest BCUT2D eigenvalue weighted by Gasteiger charge is 2.20. The van der Waals surface area contributed by atoms with Crippen molar-refractivity contribution in [3.05, 3.63) is 46.1 Å². The molecule has 2 heterocycles. The van der Waals surface area contributed by atoms with Crippen molar-refractivity contribution in [3.63, 3.8) is 0 Å². The fourth-order valence-corrected chi connectivity index (χ4v) is 4.83. The molecule has 7 heteroatoms. The maximum absolute atomic E-state index is 12.6. The summed E-state index contributed by atoms with van der Waals surface area (Å²) in [5, 5.41) is 3.00. The summed E-state index contributed by atoms with van der Waals surface area (Å²) >= 11 is 2.65. The molecule has 0 amide bonds. The van der Waals surface area contributed by atoms with Crippen LogP contribution >= 0.6 is 23.1 Å². The minimum absolute atomic E-state index is 0.0586. The van der Waals surface area contributed by atoms with Crippen molar-refractivity contribution >= 4 is 39.3 Å². The van der Waals surface area contributed by atoms with Gasteiger partial charge >= 0.3 is 5.97 Å². The number of nitrogens with one attached hydrogen (secondary N) is 1. The molecule has 1 fully saturated rings. The molecule has 134 valence electrons. The number of aromatic nitrogens is 2. The smallest absolute Gasteiger partial charge is 0.316 e. The van der Waals surface area contributed by atoms with Crippen molar-refractivity contribution in [3.8, 4) is 11.1 Å². The number of rotatable bonds is 5. The average Bonchev–Trinajstić information content (AvgIpc) is 3.30. The van der Waals surface area contributed by atoms with Gasteiger partial charge in [-0.3, -0.25) is 9.59 Å². The molecule has 2 aromatic heterocycles. The molecule has 3 aromatic rings. The molecule has 0 radical (unpaired) electrons. The van der Waals surface area contributed by atoms with Gasteiger partial charge in [-0.1, -0.05) is 42.1 Å². The molecule has 0 spiro atoms. The normalized spacial score (nSPS) is 14.8. The number of hydrogen-bond donors (Lipinski definition) is 1. The van der Waals surface area contributed by atoms with E-state index in [1.807, 2.05) is 35.7 Å². The highest BCUT2D eigenvalue weighted by Crippen LogP contribution is 2.31. The first-order chi connectivity index (χ1) is 12.7. The van der Waals surface area contributed by atoms with Gasteiger partial charge in [0.2, 0.25) is 0 Å². The second kappa shape index (κ2) is 7.63. The molecule has 1 aromatic carbocycles. The molecule has 1 N–H and O–H groups in total. The molecule has 1 saturated carbocycles. The number of hydrogen-bond acceptors (Lipinski definition) is 6. The molecule has 5 nitrogen and oxygen atoms in total. The molecule has 1 aliphatic carbocycles. The van der Waals surface area contributed by atoms with Crippen LogP contribution < -0.4 is 5.56 Å². The minimum Gasteiger partial charge on any atom is -0.462 e. The van der Waals surface area contributed by atoms with Crippen molar-refractivity contribution in [1.29, 1.82) is 0 Å². The number of H-pyrrole nitrogens is 1. The number of esters is 1. The standard InChI is InChI=1S/C19H18N2O3S2/c22-15(24-13-8-4-5-9-13)11-26-19-20-17(23)16-14(10-25-18(16)21-19)12-6-2-1-3-7-12/h1-3,6-7,10,13H,4-5,8-9,11H2,(H,20,21,23). The zero-order valence-corrected chi connectivity index (χ0v) is 15.7. The maximum atomic E-state index is 12.6. The van der Waals surface area contributed by atoms with E-state index in [0.29, 0.717) is 15.4 Å². The second-order valence-corrected chi connectivity index (χ2v) is 8.07. The number of benzene rings is 1. The summed E-state index contributed by atoms with van der Waals surface area (Å²) in [6.45, 7) is 0. The van der Waals surface area contributed by atoms with Crippen molar-refractivity contribution in [2.45, 2.75) is 36.9 Å². The Hall–Kier alpha value is -2.12. The van der Waals surface area contributed by atoms with E-state index >= 15 is 0 Å². The Bertz CT molecular complexity index is 975. The summed E-state index contributed by atoms with van der Waals surface area (Å²) in [6, 6.07) is 9.78. The Morgan fingerprint density at radius 3 is 2.81 bits per heavy atom. The summed E-state index contributed by atoms with van der Waals surface area (Å²) in [7, 11) is 0. The van der Waals surface area contributed by atoms with Gasteiger partial charge < -0.3 is 9.72 Å². The van der Waals surface area contributed by atoms with E-state index in [4.69, 9.17) is 4.74 Å². The molecule has 0 aliphatic heterocycles. The third kappa shape index (κ3) is 3.68. The number of thioether (sulfide) groups is 1. The van der Waals surface area contributed by atoms with Gasteiger partial charge in [-0.2, -0.15) is 0 Å². The third-order valence-electron chi connectivity index (χ3n) is 4.43. The van der Waals surface area contributed by atoms with Gasteiger partial charge in [-0.15, -0.1) is 11.3 Å². The van der Waals surface area contributed by atoms with E-state index in [-0.39, 0.29) is 23.4 Å². The number of fused-ring (bicyclic) bond motifs is 1. The van der Waals surface area contributed by atoms with Gasteiger partial charge in [-0.05, 0) is 31.2 Å². The van der Waals surface area contributed by atoms with E-state index in [2.05, 4.69) is 9.97 Å². The Labute approximate surface area is 158 Å². The summed E-state index contributed by atoms with van der Waals surface area (Å²) in [6.07, 6.45) is 4.21. The van der Waals surface area contributed by atoms with Crippen LogP contribution in [0.1, 0.15) is 25.7 Å². The predicted molar refractivity (Wildman–Crippen MR) is 105 cm³/mol. The lowest BCUT2D eigenvalue weighted by molar-refractivity contribution is -0.145. The Morgan fingerprint density at radius 2 is 2.04 bits per heavy atom. The van der Waals surface area contributed by atoms with Crippen LogP contribution in [0, 0.1) is 0 Å². The molecule has 0 atom stereocenters. The second-order valence-electron chi connectivity index (χ2n) is 6.25. The largest absolute Gasteiger partial charge is 0.462 e. The Balaban J connectivity index is 1.51. The molecular weight excluding hydrogens is 368 g/mol. The van der Waals surface area contributed by atoms with E-state index in [0.717, 1.165) is 36.8 Å². The average molecular weight is 386 g/mol. The Morgan fingerprint density at radius 1 is 1.27 bits per heavy atom. The molecule has 4 rings (SSSR count). The number of carbonyl (C=O) groups is 1. The molecule has 26 heavy (non-hydrogen) atoms. The van der Waals surface area contributed by atoms with Gasteiger partial charge in [0.05, 0.1) is 11.1 Å². The predicted octanol–water partition coefficient (Wildman–Crippen LogP) is 4.23. The molecule has 0 unspecified atom stereocenters. The number of nitrogens with zero attached hydrogens (tertiary/aromatic N) is 1. The monoisotopic (exact) mass is 386 g/mol. The van der Waals surface area contributed by atoms with E-state index < -0.39 is 0 Å². The van der Waals surface area contributed by atoms with Crippen molar-refractivity contribution in [1.82, 2.24) is 9.97 Å².